The van der Waals surface area contributed by atoms with Crippen molar-refractivity contribution in [2.75, 3.05) is 19.4 Å². The predicted molar refractivity (Wildman–Crippen MR) is 64.0 cm³/mol. The van der Waals surface area contributed by atoms with Crippen LogP contribution in [0.5, 0.6) is 0 Å². The number of likely N-dealkylation sites (N-methyl/N-ethyl adjacent to an activating group) is 1. The monoisotopic (exact) mass is 258 g/mol. The fourth-order valence-corrected chi connectivity index (χ4v) is 1.33. The van der Waals surface area contributed by atoms with Gasteiger partial charge in [-0.15, -0.1) is 0 Å². The Balaban J connectivity index is 3.20. The third-order valence-corrected chi connectivity index (χ3v) is 2.90. The number of rotatable bonds is 3. The van der Waals surface area contributed by atoms with Gasteiger partial charge < -0.3 is 15.7 Å². The molecule has 4 nitrogen and oxygen atoms in total. The molecule has 0 aromatic heterocycles. The summed E-state index contributed by atoms with van der Waals surface area (Å²) in [5.74, 6) is -2.48. The fourth-order valence-electron chi connectivity index (χ4n) is 1.33. The summed E-state index contributed by atoms with van der Waals surface area (Å²) in [5, 5.41) is 9.15. The maximum Gasteiger partial charge on any atom is 0.257 e. The van der Waals surface area contributed by atoms with E-state index in [1.165, 1.54) is 7.05 Å². The Morgan fingerprint density at radius 1 is 1.44 bits per heavy atom. The van der Waals surface area contributed by atoms with Crippen molar-refractivity contribution in [2.45, 2.75) is 19.4 Å². The van der Waals surface area contributed by atoms with Crippen molar-refractivity contribution < 1.29 is 18.7 Å². The molecule has 1 aromatic carbocycles. The highest BCUT2D eigenvalue weighted by molar-refractivity contribution is 5.95. The number of hydrogen-bond donors (Lipinski definition) is 2. The molecule has 0 spiro atoms. The van der Waals surface area contributed by atoms with Crippen LogP contribution in [0.25, 0.3) is 0 Å². The van der Waals surface area contributed by atoms with E-state index in [0.717, 1.165) is 17.0 Å². The zero-order chi connectivity index (χ0) is 14.1. The number of nitrogen functional groups attached to an aromatic ring is 1. The zero-order valence-electron chi connectivity index (χ0n) is 10.5. The van der Waals surface area contributed by atoms with E-state index >= 15 is 0 Å². The standard InChI is InChI=1S/C12H16F2N2O2/c1-12(2,6-17)16(3)11(18)8-4-7(13)5-9(15)10(8)14/h4-5,17H,6,15H2,1-3H3. The molecule has 0 aliphatic rings. The highest BCUT2D eigenvalue weighted by Gasteiger charge is 2.29. The highest BCUT2D eigenvalue weighted by Crippen LogP contribution is 2.21. The van der Waals surface area contributed by atoms with Gasteiger partial charge in [0, 0.05) is 7.05 Å². The van der Waals surface area contributed by atoms with Crippen molar-refractivity contribution in [2.24, 2.45) is 0 Å². The average molecular weight is 258 g/mol. The lowest BCUT2D eigenvalue weighted by atomic mass is 10.0. The Morgan fingerprint density at radius 3 is 2.50 bits per heavy atom. The Morgan fingerprint density at radius 2 is 2.00 bits per heavy atom. The maximum atomic E-state index is 13.7. The number of nitrogens with zero attached hydrogens (tertiary/aromatic N) is 1. The van der Waals surface area contributed by atoms with Crippen LogP contribution in [0.2, 0.25) is 0 Å². The first-order valence-electron chi connectivity index (χ1n) is 5.34. The van der Waals surface area contributed by atoms with Crippen LogP contribution in [0.4, 0.5) is 14.5 Å². The molecule has 18 heavy (non-hydrogen) atoms. The normalized spacial score (nSPS) is 11.4. The largest absolute Gasteiger partial charge is 0.396 e. The van der Waals surface area contributed by atoms with Gasteiger partial charge in [-0.1, -0.05) is 0 Å². The summed E-state index contributed by atoms with van der Waals surface area (Å²) in [6, 6.07) is 1.60. The minimum absolute atomic E-state index is 0.304. The van der Waals surface area contributed by atoms with E-state index < -0.39 is 34.3 Å². The summed E-state index contributed by atoms with van der Waals surface area (Å²) < 4.78 is 26.8. The number of aliphatic hydroxyl groups is 1. The first kappa shape index (κ1) is 14.4. The minimum Gasteiger partial charge on any atom is -0.396 e. The lowest BCUT2D eigenvalue weighted by molar-refractivity contribution is 0.0468. The molecule has 0 fully saturated rings. The van der Waals surface area contributed by atoms with Crippen LogP contribution in [0, 0.1) is 11.6 Å². The number of nitrogens with two attached hydrogens (primary N) is 1. The van der Waals surface area contributed by atoms with Gasteiger partial charge in [-0.2, -0.15) is 0 Å². The van der Waals surface area contributed by atoms with Gasteiger partial charge in [-0.3, -0.25) is 4.79 Å². The van der Waals surface area contributed by atoms with E-state index in [2.05, 4.69) is 0 Å². The van der Waals surface area contributed by atoms with Gasteiger partial charge in [0.25, 0.3) is 5.91 Å². The Labute approximate surface area is 104 Å². The summed E-state index contributed by atoms with van der Waals surface area (Å²) in [5.41, 5.74) is 3.51. The topological polar surface area (TPSA) is 66.6 Å². The number of benzene rings is 1. The van der Waals surface area contributed by atoms with Crippen LogP contribution in [0.3, 0.4) is 0 Å². The van der Waals surface area contributed by atoms with Crippen LogP contribution >= 0.6 is 0 Å². The number of carbonyl (C=O) groups is 1. The maximum absolute atomic E-state index is 13.7. The summed E-state index contributed by atoms with van der Waals surface area (Å²) >= 11 is 0. The van der Waals surface area contributed by atoms with Crippen molar-refractivity contribution in [1.29, 1.82) is 0 Å². The summed E-state index contributed by atoms with van der Waals surface area (Å²) in [7, 11) is 1.40. The molecule has 0 unspecified atom stereocenters. The van der Waals surface area contributed by atoms with Gasteiger partial charge >= 0.3 is 0 Å². The molecule has 0 aliphatic carbocycles. The molecule has 0 radical (unpaired) electrons. The molecule has 0 aliphatic heterocycles. The lowest BCUT2D eigenvalue weighted by Gasteiger charge is -2.34. The minimum atomic E-state index is -0.956. The van der Waals surface area contributed by atoms with Crippen LogP contribution in [-0.4, -0.2) is 35.1 Å². The van der Waals surface area contributed by atoms with Gasteiger partial charge in [-0.25, -0.2) is 8.78 Å². The van der Waals surface area contributed by atoms with E-state index in [4.69, 9.17) is 10.8 Å². The number of anilines is 1. The van der Waals surface area contributed by atoms with Crippen LogP contribution < -0.4 is 5.73 Å². The third kappa shape index (κ3) is 2.59. The summed E-state index contributed by atoms with van der Waals surface area (Å²) in [6.07, 6.45) is 0. The van der Waals surface area contributed by atoms with Crippen molar-refractivity contribution in [3.05, 3.63) is 29.3 Å². The molecule has 100 valence electrons. The molecule has 0 saturated carbocycles. The van der Waals surface area contributed by atoms with Crippen molar-refractivity contribution >= 4 is 11.6 Å². The first-order valence-corrected chi connectivity index (χ1v) is 5.34. The van der Waals surface area contributed by atoms with Crippen molar-refractivity contribution in [3.8, 4) is 0 Å². The smallest absolute Gasteiger partial charge is 0.257 e. The number of hydrogen-bond acceptors (Lipinski definition) is 3. The molecule has 3 N–H and O–H groups in total. The molecule has 1 rings (SSSR count). The number of aliphatic hydroxyl groups excluding tert-OH is 1. The van der Waals surface area contributed by atoms with Gasteiger partial charge in [0.2, 0.25) is 0 Å². The fraction of sp³-hybridized carbons (Fsp3) is 0.417. The van der Waals surface area contributed by atoms with Crippen molar-refractivity contribution in [3.63, 3.8) is 0 Å². The quantitative estimate of drug-likeness (QED) is 0.805. The molecule has 0 bridgehead atoms. The highest BCUT2D eigenvalue weighted by atomic mass is 19.1. The SMILES string of the molecule is CN(C(=O)c1cc(F)cc(N)c1F)C(C)(C)CO. The molecule has 1 aromatic rings. The van der Waals surface area contributed by atoms with Crippen LogP contribution in [-0.2, 0) is 0 Å². The van der Waals surface area contributed by atoms with Crippen molar-refractivity contribution in [1.82, 2.24) is 4.90 Å². The van der Waals surface area contributed by atoms with Gasteiger partial charge in [-0.05, 0) is 26.0 Å². The molecule has 1 amide bonds. The average Bonchev–Trinajstić information content (AvgIpc) is 2.31. The van der Waals surface area contributed by atoms with E-state index in [0.29, 0.717) is 0 Å². The lowest BCUT2D eigenvalue weighted by Crippen LogP contribution is -2.47. The van der Waals surface area contributed by atoms with E-state index in [9.17, 15) is 13.6 Å². The number of carbonyl (C=O) groups excluding carboxylic acids is 1. The molecule has 0 atom stereocenters. The molecular weight excluding hydrogens is 242 g/mol. The Kier molecular flexibility index (Phi) is 3.91. The zero-order valence-corrected chi connectivity index (χ0v) is 10.5. The van der Waals surface area contributed by atoms with E-state index in [1.807, 2.05) is 0 Å². The summed E-state index contributed by atoms with van der Waals surface area (Å²) in [6.45, 7) is 2.90. The Bertz CT molecular complexity index is 475. The predicted octanol–water partition coefficient (Wildman–Crippen LogP) is 1.39. The number of halogens is 2. The molecular formula is C12H16F2N2O2. The second-order valence-electron chi connectivity index (χ2n) is 4.69. The Hall–Kier alpha value is -1.69. The van der Waals surface area contributed by atoms with Crippen LogP contribution in [0.1, 0.15) is 24.2 Å². The van der Waals surface area contributed by atoms with Gasteiger partial charge in [0.1, 0.15) is 5.82 Å². The number of amides is 1. The van der Waals surface area contributed by atoms with E-state index in [-0.39, 0.29) is 6.61 Å². The molecule has 6 heteroatoms. The first-order chi connectivity index (χ1) is 8.20. The molecule has 0 saturated heterocycles. The summed E-state index contributed by atoms with van der Waals surface area (Å²) in [4.78, 5) is 13.2. The third-order valence-electron chi connectivity index (χ3n) is 2.90. The van der Waals surface area contributed by atoms with Crippen LogP contribution in [0.15, 0.2) is 12.1 Å². The second kappa shape index (κ2) is 4.89. The van der Waals surface area contributed by atoms with E-state index in [1.54, 1.807) is 13.8 Å². The molecule has 0 heterocycles. The second-order valence-corrected chi connectivity index (χ2v) is 4.69. The van der Waals surface area contributed by atoms with Gasteiger partial charge in [0.15, 0.2) is 5.82 Å². The van der Waals surface area contributed by atoms with Gasteiger partial charge in [0.05, 0.1) is 23.4 Å².